The van der Waals surface area contributed by atoms with Crippen LogP contribution in [0.1, 0.15) is 50.5 Å². The fourth-order valence-corrected chi connectivity index (χ4v) is 5.60. The van der Waals surface area contributed by atoms with E-state index in [9.17, 15) is 8.42 Å². The Bertz CT molecular complexity index is 580. The van der Waals surface area contributed by atoms with Crippen LogP contribution in [0, 0.1) is 0 Å². The van der Waals surface area contributed by atoms with E-state index < -0.39 is 10.2 Å². The summed E-state index contributed by atoms with van der Waals surface area (Å²) in [7, 11) is -3.27. The number of hydrogen-bond donors (Lipinski definition) is 0. The molecule has 4 nitrogen and oxygen atoms in total. The Labute approximate surface area is 134 Å². The molecule has 0 aromatic heterocycles. The summed E-state index contributed by atoms with van der Waals surface area (Å²) in [6, 6.07) is 10.6. The lowest BCUT2D eigenvalue weighted by Crippen LogP contribution is -2.51. The Balaban J connectivity index is 1.65. The third-order valence-corrected chi connectivity index (χ3v) is 7.24. The van der Waals surface area contributed by atoms with Crippen molar-refractivity contribution in [3.05, 3.63) is 35.9 Å². The van der Waals surface area contributed by atoms with Gasteiger partial charge in [-0.25, -0.2) is 0 Å². The first kappa shape index (κ1) is 16.0. The minimum Gasteiger partial charge on any atom is -0.195 e. The summed E-state index contributed by atoms with van der Waals surface area (Å²) in [6.07, 6.45) is 4.96. The van der Waals surface area contributed by atoms with E-state index >= 15 is 0 Å². The van der Waals surface area contributed by atoms with Crippen molar-refractivity contribution < 1.29 is 8.42 Å². The highest BCUT2D eigenvalue weighted by molar-refractivity contribution is 7.86. The van der Waals surface area contributed by atoms with Gasteiger partial charge in [-0.05, 0) is 44.1 Å². The number of benzene rings is 1. The average Bonchev–Trinajstić information content (AvgIpc) is 2.56. The van der Waals surface area contributed by atoms with Crippen LogP contribution in [-0.4, -0.2) is 42.7 Å². The van der Waals surface area contributed by atoms with Crippen molar-refractivity contribution in [2.75, 3.05) is 19.6 Å². The van der Waals surface area contributed by atoms with Gasteiger partial charge in [-0.1, -0.05) is 36.8 Å². The van der Waals surface area contributed by atoms with E-state index in [1.54, 1.807) is 8.61 Å². The predicted octanol–water partition coefficient (Wildman–Crippen LogP) is 2.99. The lowest BCUT2D eigenvalue weighted by molar-refractivity contribution is 0.230. The van der Waals surface area contributed by atoms with Gasteiger partial charge < -0.3 is 0 Å². The molecule has 2 heterocycles. The summed E-state index contributed by atoms with van der Waals surface area (Å²) in [5.74, 6) is 0.492. The number of hydrogen-bond acceptors (Lipinski definition) is 2. The monoisotopic (exact) mass is 322 g/mol. The molecule has 2 saturated heterocycles. The molecular formula is C17H26N2O2S. The molecule has 1 aromatic carbocycles. The highest BCUT2D eigenvalue weighted by Crippen LogP contribution is 2.31. The topological polar surface area (TPSA) is 40.6 Å². The van der Waals surface area contributed by atoms with Gasteiger partial charge in [-0.2, -0.15) is 17.0 Å². The molecule has 0 spiro atoms. The highest BCUT2D eigenvalue weighted by atomic mass is 32.2. The van der Waals surface area contributed by atoms with Gasteiger partial charge in [0, 0.05) is 25.7 Å². The molecule has 0 aliphatic carbocycles. The quantitative estimate of drug-likeness (QED) is 0.858. The van der Waals surface area contributed by atoms with Gasteiger partial charge >= 0.3 is 0 Å². The molecule has 0 radical (unpaired) electrons. The maximum Gasteiger partial charge on any atom is 0.282 e. The zero-order valence-electron chi connectivity index (χ0n) is 13.3. The van der Waals surface area contributed by atoms with E-state index in [1.165, 1.54) is 5.56 Å². The first-order chi connectivity index (χ1) is 10.6. The minimum atomic E-state index is -3.27. The maximum absolute atomic E-state index is 12.8. The second kappa shape index (κ2) is 6.69. The van der Waals surface area contributed by atoms with E-state index in [1.807, 2.05) is 13.0 Å². The van der Waals surface area contributed by atoms with Gasteiger partial charge in [-0.15, -0.1) is 0 Å². The average molecular weight is 322 g/mol. The summed E-state index contributed by atoms with van der Waals surface area (Å²) in [5.41, 5.74) is 1.34. The SMILES string of the molecule is CC1CCCCN1S(=O)(=O)N1CCC(c2ccccc2)CC1. The summed E-state index contributed by atoms with van der Waals surface area (Å²) >= 11 is 0. The molecule has 2 aliphatic rings. The normalized spacial score (nSPS) is 26.1. The molecule has 0 N–H and O–H groups in total. The van der Waals surface area contributed by atoms with Crippen LogP contribution in [0.15, 0.2) is 30.3 Å². The van der Waals surface area contributed by atoms with Crippen molar-refractivity contribution in [2.45, 2.75) is 51.0 Å². The molecule has 0 amide bonds. The molecule has 2 fully saturated rings. The van der Waals surface area contributed by atoms with Crippen LogP contribution in [0.25, 0.3) is 0 Å². The van der Waals surface area contributed by atoms with Crippen LogP contribution in [0.3, 0.4) is 0 Å². The molecule has 22 heavy (non-hydrogen) atoms. The van der Waals surface area contributed by atoms with Gasteiger partial charge in [0.25, 0.3) is 10.2 Å². The first-order valence-electron chi connectivity index (χ1n) is 8.41. The highest BCUT2D eigenvalue weighted by Gasteiger charge is 2.36. The van der Waals surface area contributed by atoms with Crippen LogP contribution in [0.4, 0.5) is 0 Å². The van der Waals surface area contributed by atoms with Crippen molar-refractivity contribution in [1.29, 1.82) is 0 Å². The Kier molecular flexibility index (Phi) is 4.85. The standard InChI is InChI=1S/C17H26N2O2S/c1-15-7-5-6-12-19(15)22(20,21)18-13-10-17(11-14-18)16-8-3-2-4-9-16/h2-4,8-9,15,17H,5-7,10-14H2,1H3. The van der Waals surface area contributed by atoms with E-state index in [4.69, 9.17) is 0 Å². The van der Waals surface area contributed by atoms with E-state index in [-0.39, 0.29) is 6.04 Å². The van der Waals surface area contributed by atoms with Crippen molar-refractivity contribution in [3.63, 3.8) is 0 Å². The van der Waals surface area contributed by atoms with E-state index in [0.717, 1.165) is 32.1 Å². The van der Waals surface area contributed by atoms with Crippen LogP contribution in [0.2, 0.25) is 0 Å². The van der Waals surface area contributed by atoms with Crippen molar-refractivity contribution >= 4 is 10.2 Å². The van der Waals surface area contributed by atoms with Gasteiger partial charge in [-0.3, -0.25) is 0 Å². The predicted molar refractivity (Wildman–Crippen MR) is 88.9 cm³/mol. The Morgan fingerprint density at radius 1 is 0.955 bits per heavy atom. The number of nitrogens with zero attached hydrogens (tertiary/aromatic N) is 2. The molecule has 2 aliphatic heterocycles. The summed E-state index contributed by atoms with van der Waals surface area (Å²) in [5, 5.41) is 0. The lowest BCUT2D eigenvalue weighted by atomic mass is 9.90. The smallest absolute Gasteiger partial charge is 0.195 e. The molecule has 5 heteroatoms. The minimum absolute atomic E-state index is 0.144. The first-order valence-corrected chi connectivity index (χ1v) is 9.80. The summed E-state index contributed by atoms with van der Waals surface area (Å²) in [4.78, 5) is 0. The zero-order chi connectivity index (χ0) is 15.6. The number of rotatable bonds is 3. The Hall–Kier alpha value is -0.910. The molecular weight excluding hydrogens is 296 g/mol. The summed E-state index contributed by atoms with van der Waals surface area (Å²) in [6.45, 7) is 4.01. The molecule has 3 rings (SSSR count). The van der Waals surface area contributed by atoms with Crippen molar-refractivity contribution in [1.82, 2.24) is 8.61 Å². The Morgan fingerprint density at radius 3 is 2.27 bits per heavy atom. The summed E-state index contributed by atoms with van der Waals surface area (Å²) < 4.78 is 29.1. The van der Waals surface area contributed by atoms with Crippen molar-refractivity contribution in [3.8, 4) is 0 Å². The molecule has 1 unspecified atom stereocenters. The second-order valence-electron chi connectivity index (χ2n) is 6.55. The van der Waals surface area contributed by atoms with Crippen LogP contribution < -0.4 is 0 Å². The molecule has 0 saturated carbocycles. The third-order valence-electron chi connectivity index (χ3n) is 5.09. The second-order valence-corrected chi connectivity index (χ2v) is 8.43. The van der Waals surface area contributed by atoms with E-state index in [0.29, 0.717) is 25.6 Å². The van der Waals surface area contributed by atoms with Crippen LogP contribution in [0.5, 0.6) is 0 Å². The largest absolute Gasteiger partial charge is 0.282 e. The Morgan fingerprint density at radius 2 is 1.64 bits per heavy atom. The fourth-order valence-electron chi connectivity index (χ4n) is 3.71. The van der Waals surface area contributed by atoms with Crippen LogP contribution in [-0.2, 0) is 10.2 Å². The third kappa shape index (κ3) is 3.21. The van der Waals surface area contributed by atoms with Crippen LogP contribution >= 0.6 is 0 Å². The van der Waals surface area contributed by atoms with Gasteiger partial charge in [0.2, 0.25) is 0 Å². The van der Waals surface area contributed by atoms with E-state index in [2.05, 4.69) is 24.3 Å². The van der Waals surface area contributed by atoms with Crippen molar-refractivity contribution in [2.24, 2.45) is 0 Å². The molecule has 1 aromatic rings. The molecule has 0 bridgehead atoms. The van der Waals surface area contributed by atoms with Gasteiger partial charge in [0.05, 0.1) is 0 Å². The zero-order valence-corrected chi connectivity index (χ0v) is 14.1. The molecule has 122 valence electrons. The number of piperidine rings is 2. The lowest BCUT2D eigenvalue weighted by Gasteiger charge is -2.39. The fraction of sp³-hybridized carbons (Fsp3) is 0.647. The maximum atomic E-state index is 12.8. The molecule has 1 atom stereocenters. The van der Waals surface area contributed by atoms with Gasteiger partial charge in [0.15, 0.2) is 0 Å². The van der Waals surface area contributed by atoms with Gasteiger partial charge in [0.1, 0.15) is 0 Å².